The summed E-state index contributed by atoms with van der Waals surface area (Å²) in [5.74, 6) is 2.26. The average molecular weight is 301 g/mol. The molecule has 0 aliphatic carbocycles. The number of hydrogen-bond donors (Lipinski definition) is 0. The third-order valence-electron chi connectivity index (χ3n) is 4.54. The quantitative estimate of drug-likeness (QED) is 0.745. The Labute approximate surface area is 126 Å². The van der Waals surface area contributed by atoms with Crippen LogP contribution in [0, 0.1) is 0 Å². The van der Waals surface area contributed by atoms with Crippen molar-refractivity contribution >= 4 is 17.7 Å². The summed E-state index contributed by atoms with van der Waals surface area (Å²) in [6, 6.07) is 0.790. The van der Waals surface area contributed by atoms with E-state index in [4.69, 9.17) is 9.47 Å². The molecule has 2 fully saturated rings. The van der Waals surface area contributed by atoms with Gasteiger partial charge in [0.05, 0.1) is 19.3 Å². The van der Waals surface area contributed by atoms with E-state index >= 15 is 0 Å². The fourth-order valence-electron chi connectivity index (χ4n) is 3.32. The highest BCUT2D eigenvalue weighted by molar-refractivity contribution is 7.99. The zero-order valence-corrected chi connectivity index (χ0v) is 13.7. The van der Waals surface area contributed by atoms with Crippen LogP contribution < -0.4 is 0 Å². The summed E-state index contributed by atoms with van der Waals surface area (Å²) in [4.78, 5) is 13.9. The Bertz CT molecular complexity index is 324. The normalized spacial score (nSPS) is 26.1. The number of esters is 1. The van der Waals surface area contributed by atoms with Gasteiger partial charge in [-0.3, -0.25) is 9.69 Å². The minimum Gasteiger partial charge on any atom is -0.468 e. The molecule has 2 aliphatic rings. The third kappa shape index (κ3) is 3.89. The molecule has 2 saturated heterocycles. The molecule has 4 nitrogen and oxygen atoms in total. The molecule has 0 bridgehead atoms. The number of thioether (sulfide) groups is 1. The zero-order valence-electron chi connectivity index (χ0n) is 12.9. The molecule has 116 valence electrons. The Morgan fingerprint density at radius 3 is 2.75 bits per heavy atom. The van der Waals surface area contributed by atoms with E-state index in [-0.39, 0.29) is 11.6 Å². The summed E-state index contributed by atoms with van der Waals surface area (Å²) in [7, 11) is 1.46. The van der Waals surface area contributed by atoms with Gasteiger partial charge in [-0.15, -0.1) is 0 Å². The van der Waals surface area contributed by atoms with E-state index in [1.807, 2.05) is 11.8 Å². The molecule has 0 saturated carbocycles. The maximum Gasteiger partial charge on any atom is 0.319 e. The molecule has 2 rings (SSSR count). The molecular weight excluding hydrogens is 274 g/mol. The van der Waals surface area contributed by atoms with Gasteiger partial charge >= 0.3 is 5.97 Å². The third-order valence-corrected chi connectivity index (χ3v) is 5.53. The van der Waals surface area contributed by atoms with Crippen molar-refractivity contribution < 1.29 is 14.3 Å². The fourth-order valence-corrected chi connectivity index (χ4v) is 4.56. The molecule has 0 aromatic rings. The van der Waals surface area contributed by atoms with Gasteiger partial charge in [-0.25, -0.2) is 0 Å². The summed E-state index contributed by atoms with van der Waals surface area (Å²) in [6.07, 6.45) is 4.38. The van der Waals surface area contributed by atoms with Crippen LogP contribution in [0.1, 0.15) is 39.5 Å². The summed E-state index contributed by atoms with van der Waals surface area (Å²) in [5.41, 5.74) is 0.0669. The lowest BCUT2D eigenvalue weighted by molar-refractivity contribution is -0.147. The van der Waals surface area contributed by atoms with E-state index in [0.717, 1.165) is 32.3 Å². The van der Waals surface area contributed by atoms with Gasteiger partial charge in [0.1, 0.15) is 0 Å². The summed E-state index contributed by atoms with van der Waals surface area (Å²) < 4.78 is 11.0. The number of ether oxygens (including phenoxy) is 2. The van der Waals surface area contributed by atoms with Crippen molar-refractivity contribution in [2.75, 3.05) is 31.8 Å². The Balaban J connectivity index is 2.02. The van der Waals surface area contributed by atoms with Crippen LogP contribution in [-0.2, 0) is 14.3 Å². The summed E-state index contributed by atoms with van der Waals surface area (Å²) in [6.45, 7) is 5.52. The number of methoxy groups -OCH3 is 1. The van der Waals surface area contributed by atoms with Gasteiger partial charge < -0.3 is 9.47 Å². The maximum atomic E-state index is 11.6. The van der Waals surface area contributed by atoms with Crippen LogP contribution in [0.15, 0.2) is 0 Å². The lowest BCUT2D eigenvalue weighted by Crippen LogP contribution is -2.53. The van der Waals surface area contributed by atoms with E-state index in [1.54, 1.807) is 0 Å². The topological polar surface area (TPSA) is 38.8 Å². The van der Waals surface area contributed by atoms with Crippen molar-refractivity contribution in [2.45, 2.75) is 57.2 Å². The molecule has 1 unspecified atom stereocenters. The highest BCUT2D eigenvalue weighted by Gasteiger charge is 2.41. The second-order valence-corrected chi connectivity index (χ2v) is 7.36. The Morgan fingerprint density at radius 2 is 2.15 bits per heavy atom. The molecule has 2 heterocycles. The van der Waals surface area contributed by atoms with Crippen LogP contribution >= 0.6 is 11.8 Å². The van der Waals surface area contributed by atoms with Gasteiger partial charge in [0.15, 0.2) is 0 Å². The van der Waals surface area contributed by atoms with Gasteiger partial charge in [0, 0.05) is 18.7 Å². The predicted molar refractivity (Wildman–Crippen MR) is 82.1 cm³/mol. The minimum atomic E-state index is -0.140. The number of nitrogens with zero attached hydrogens (tertiary/aromatic N) is 1. The van der Waals surface area contributed by atoms with Crippen LogP contribution in [-0.4, -0.2) is 60.3 Å². The molecule has 0 amide bonds. The molecule has 5 heteroatoms. The van der Waals surface area contributed by atoms with E-state index in [1.165, 1.54) is 18.6 Å². The first-order valence-corrected chi connectivity index (χ1v) is 8.76. The summed E-state index contributed by atoms with van der Waals surface area (Å²) in [5, 5.41) is 0. The standard InChI is InChI=1S/C15H27NO3S/c1-12(2)16(11-14(17)18-3)13-4-7-19-15(10-13)5-8-20-9-6-15/h12-13H,4-11H2,1-3H3. The molecule has 2 aliphatic heterocycles. The minimum absolute atomic E-state index is 0.0669. The Hall–Kier alpha value is -0.260. The van der Waals surface area contributed by atoms with Crippen LogP contribution in [0.2, 0.25) is 0 Å². The summed E-state index contributed by atoms with van der Waals surface area (Å²) >= 11 is 2.03. The van der Waals surface area contributed by atoms with E-state index in [2.05, 4.69) is 18.7 Å². The smallest absolute Gasteiger partial charge is 0.319 e. The Kier molecular flexibility index (Phi) is 5.75. The number of rotatable bonds is 4. The lowest BCUT2D eigenvalue weighted by Gasteiger charge is -2.47. The average Bonchev–Trinajstić information content (AvgIpc) is 2.45. The highest BCUT2D eigenvalue weighted by atomic mass is 32.2. The van der Waals surface area contributed by atoms with Crippen LogP contribution in [0.5, 0.6) is 0 Å². The molecule has 0 N–H and O–H groups in total. The molecule has 20 heavy (non-hydrogen) atoms. The molecule has 0 aromatic carbocycles. The molecule has 0 radical (unpaired) electrons. The second-order valence-electron chi connectivity index (χ2n) is 6.13. The van der Waals surface area contributed by atoms with E-state index in [9.17, 15) is 4.79 Å². The van der Waals surface area contributed by atoms with Crippen molar-refractivity contribution in [1.29, 1.82) is 0 Å². The highest BCUT2D eigenvalue weighted by Crippen LogP contribution is 2.39. The largest absolute Gasteiger partial charge is 0.468 e. The monoisotopic (exact) mass is 301 g/mol. The fraction of sp³-hybridized carbons (Fsp3) is 0.933. The van der Waals surface area contributed by atoms with Crippen LogP contribution in [0.25, 0.3) is 0 Å². The lowest BCUT2D eigenvalue weighted by atomic mass is 9.84. The number of carbonyl (C=O) groups excluding carboxylic acids is 1. The van der Waals surface area contributed by atoms with Gasteiger partial charge in [0.25, 0.3) is 0 Å². The first kappa shape index (κ1) is 16.1. The SMILES string of the molecule is COC(=O)CN(C(C)C)C1CCOC2(CCSCC2)C1. The Morgan fingerprint density at radius 1 is 1.45 bits per heavy atom. The van der Waals surface area contributed by atoms with Crippen LogP contribution in [0.3, 0.4) is 0 Å². The molecule has 1 spiro atoms. The maximum absolute atomic E-state index is 11.6. The molecule has 0 aromatic heterocycles. The first-order valence-electron chi connectivity index (χ1n) is 7.60. The van der Waals surface area contributed by atoms with Gasteiger partial charge in [0.2, 0.25) is 0 Å². The van der Waals surface area contributed by atoms with E-state index in [0.29, 0.717) is 18.6 Å². The van der Waals surface area contributed by atoms with Crippen molar-refractivity contribution in [3.05, 3.63) is 0 Å². The van der Waals surface area contributed by atoms with Crippen molar-refractivity contribution in [3.63, 3.8) is 0 Å². The van der Waals surface area contributed by atoms with Gasteiger partial charge in [-0.05, 0) is 51.0 Å². The number of hydrogen-bond acceptors (Lipinski definition) is 5. The number of carbonyl (C=O) groups is 1. The zero-order chi connectivity index (χ0) is 14.6. The van der Waals surface area contributed by atoms with E-state index < -0.39 is 0 Å². The van der Waals surface area contributed by atoms with Crippen molar-refractivity contribution in [2.24, 2.45) is 0 Å². The molecule has 1 atom stereocenters. The second kappa shape index (κ2) is 7.14. The van der Waals surface area contributed by atoms with Crippen molar-refractivity contribution in [1.82, 2.24) is 4.90 Å². The predicted octanol–water partition coefficient (Wildman–Crippen LogP) is 2.31. The van der Waals surface area contributed by atoms with Gasteiger partial charge in [-0.2, -0.15) is 11.8 Å². The molecular formula is C15H27NO3S. The van der Waals surface area contributed by atoms with Gasteiger partial charge in [-0.1, -0.05) is 0 Å². The first-order chi connectivity index (χ1) is 9.56. The van der Waals surface area contributed by atoms with Crippen molar-refractivity contribution in [3.8, 4) is 0 Å². The van der Waals surface area contributed by atoms with Crippen LogP contribution in [0.4, 0.5) is 0 Å².